The number of aromatic nitrogens is 1. The number of anilines is 6. The third kappa shape index (κ3) is 8.58. The number of rotatable bonds is 7. The summed E-state index contributed by atoms with van der Waals surface area (Å²) in [5.41, 5.74) is 13.5. The van der Waals surface area contributed by atoms with Crippen LogP contribution in [0.15, 0.2) is 146 Å². The predicted octanol–water partition coefficient (Wildman–Crippen LogP) is 18.0. The van der Waals surface area contributed by atoms with Crippen LogP contribution in [0.5, 0.6) is 0 Å². The first kappa shape index (κ1) is 44.8. The van der Waals surface area contributed by atoms with Crippen LogP contribution in [0.25, 0.3) is 27.5 Å². The van der Waals surface area contributed by atoms with Crippen molar-refractivity contribution in [3.05, 3.63) is 184 Å². The number of hydrogen-bond acceptors (Lipinski definition) is 2. The summed E-state index contributed by atoms with van der Waals surface area (Å²) >= 11 is 7.81. The molecular weight excluding hydrogens is 805 g/mol. The summed E-state index contributed by atoms with van der Waals surface area (Å²) < 4.78 is 19.1. The van der Waals surface area contributed by atoms with E-state index in [9.17, 15) is 0 Å². The maximum absolute atomic E-state index is 16.7. The molecule has 0 amide bonds. The van der Waals surface area contributed by atoms with Gasteiger partial charge in [-0.3, -0.25) is 0 Å². The highest BCUT2D eigenvalue weighted by atomic mass is 35.5. The monoisotopic (exact) mass is 867 g/mol. The Morgan fingerprint density at radius 3 is 1.42 bits per heavy atom. The minimum atomic E-state index is -0.331. The van der Waals surface area contributed by atoms with Crippen molar-refractivity contribution >= 4 is 67.5 Å². The number of benzene rings is 7. The van der Waals surface area contributed by atoms with Crippen molar-refractivity contribution in [1.29, 1.82) is 0 Å². The number of nitrogens with zero attached hydrogens (tertiary/aromatic N) is 3. The molecule has 64 heavy (non-hydrogen) atoms. The Bertz CT molecular complexity index is 2910. The number of halogens is 2. The molecule has 0 aliphatic rings. The molecule has 3 nitrogen and oxygen atoms in total. The number of aryl methyl sites for hydroxylation is 1. The van der Waals surface area contributed by atoms with Gasteiger partial charge in [0.05, 0.1) is 33.1 Å². The van der Waals surface area contributed by atoms with E-state index >= 15 is 4.39 Å². The second-order valence-electron chi connectivity index (χ2n) is 21.7. The van der Waals surface area contributed by atoms with E-state index in [2.05, 4.69) is 208 Å². The fourth-order valence-corrected chi connectivity index (χ4v) is 8.98. The van der Waals surface area contributed by atoms with Gasteiger partial charge in [-0.15, -0.1) is 0 Å². The van der Waals surface area contributed by atoms with Gasteiger partial charge in [0.15, 0.2) is 0 Å². The van der Waals surface area contributed by atoms with Gasteiger partial charge in [0.2, 0.25) is 0 Å². The molecule has 0 bridgehead atoms. The van der Waals surface area contributed by atoms with E-state index in [0.29, 0.717) is 16.4 Å². The van der Waals surface area contributed by atoms with Crippen LogP contribution in [0.3, 0.4) is 0 Å². The van der Waals surface area contributed by atoms with E-state index in [1.54, 1.807) is 6.07 Å². The zero-order valence-corrected chi connectivity index (χ0v) is 40.7. The summed E-state index contributed by atoms with van der Waals surface area (Å²) in [4.78, 5) is 4.20. The molecule has 0 aliphatic carbocycles. The van der Waals surface area contributed by atoms with E-state index in [1.165, 1.54) is 22.3 Å². The molecular formula is C59H63ClFN3. The van der Waals surface area contributed by atoms with Crippen molar-refractivity contribution in [2.45, 2.75) is 112 Å². The Kier molecular flexibility index (Phi) is 11.4. The summed E-state index contributed by atoms with van der Waals surface area (Å²) in [6.45, 7) is 28.9. The molecule has 0 unspecified atom stereocenters. The van der Waals surface area contributed by atoms with Gasteiger partial charge in [-0.25, -0.2) is 4.39 Å². The molecule has 5 heteroatoms. The van der Waals surface area contributed by atoms with Crippen LogP contribution in [0.4, 0.5) is 38.5 Å². The first-order valence-electron chi connectivity index (χ1n) is 22.6. The standard InChI is InChI=1S/C59H63ClFN3/c1-38-21-32-51(49(61)33-38)63(45-30-31-48-47-17-14-15-18-50(47)64(54(48)37-45)46-35-41(58(8,9)10)34-42(36-46)59(11,12)13)53-20-16-19-52(55(53)60)62(43-26-22-39(23-27-43)56(2,3)4)44-28-24-40(25-29-44)57(5,6)7/h14-37H,1-13H3. The third-order valence-corrected chi connectivity index (χ3v) is 13.0. The molecule has 0 aliphatic heterocycles. The van der Waals surface area contributed by atoms with Crippen LogP contribution in [0.1, 0.15) is 111 Å². The van der Waals surface area contributed by atoms with Gasteiger partial charge in [-0.2, -0.15) is 0 Å². The van der Waals surface area contributed by atoms with Crippen LogP contribution in [0.2, 0.25) is 5.02 Å². The zero-order chi connectivity index (χ0) is 46.1. The quantitative estimate of drug-likeness (QED) is 0.158. The summed E-state index contributed by atoms with van der Waals surface area (Å²) in [6.07, 6.45) is 0. The average Bonchev–Trinajstić information content (AvgIpc) is 3.55. The summed E-state index contributed by atoms with van der Waals surface area (Å²) in [5, 5.41) is 2.77. The van der Waals surface area contributed by atoms with Crippen molar-refractivity contribution in [3.8, 4) is 5.69 Å². The Morgan fingerprint density at radius 2 is 0.906 bits per heavy atom. The lowest BCUT2D eigenvalue weighted by atomic mass is 9.80. The van der Waals surface area contributed by atoms with Gasteiger partial charge in [-0.05, 0) is 135 Å². The fourth-order valence-electron chi connectivity index (χ4n) is 8.69. The van der Waals surface area contributed by atoms with Gasteiger partial charge in [0.1, 0.15) is 5.82 Å². The van der Waals surface area contributed by atoms with Crippen molar-refractivity contribution in [3.63, 3.8) is 0 Å². The van der Waals surface area contributed by atoms with Gasteiger partial charge < -0.3 is 14.4 Å². The summed E-state index contributed by atoms with van der Waals surface area (Å²) in [6, 6.07) is 51.1. The van der Waals surface area contributed by atoms with Gasteiger partial charge in [0, 0.05) is 33.5 Å². The van der Waals surface area contributed by atoms with Crippen LogP contribution in [-0.4, -0.2) is 4.57 Å². The molecule has 328 valence electrons. The van der Waals surface area contributed by atoms with Crippen molar-refractivity contribution < 1.29 is 4.39 Å². The second-order valence-corrected chi connectivity index (χ2v) is 22.0. The fraction of sp³-hybridized carbons (Fsp3) is 0.288. The first-order chi connectivity index (χ1) is 30.0. The first-order valence-corrected chi connectivity index (χ1v) is 22.9. The summed E-state index contributed by atoms with van der Waals surface area (Å²) in [5.74, 6) is -0.331. The maximum Gasteiger partial charge on any atom is 0.147 e. The molecule has 0 saturated heterocycles. The van der Waals surface area contributed by atoms with E-state index in [-0.39, 0.29) is 27.5 Å². The molecule has 1 heterocycles. The van der Waals surface area contributed by atoms with Gasteiger partial charge in [0.25, 0.3) is 0 Å². The molecule has 8 aromatic rings. The van der Waals surface area contributed by atoms with E-state index < -0.39 is 0 Å². The highest BCUT2D eigenvalue weighted by molar-refractivity contribution is 6.36. The van der Waals surface area contributed by atoms with E-state index in [1.807, 2.05) is 36.1 Å². The van der Waals surface area contributed by atoms with Crippen molar-refractivity contribution in [2.75, 3.05) is 9.80 Å². The number of fused-ring (bicyclic) bond motifs is 3. The van der Waals surface area contributed by atoms with E-state index in [0.717, 1.165) is 55.8 Å². The minimum Gasteiger partial charge on any atom is -0.309 e. The number of para-hydroxylation sites is 1. The lowest BCUT2D eigenvalue weighted by Gasteiger charge is -2.32. The Hall–Kier alpha value is -5.84. The number of hydrogen-bond donors (Lipinski definition) is 0. The summed E-state index contributed by atoms with van der Waals surface area (Å²) in [7, 11) is 0. The largest absolute Gasteiger partial charge is 0.309 e. The molecule has 8 rings (SSSR count). The van der Waals surface area contributed by atoms with Crippen molar-refractivity contribution in [1.82, 2.24) is 4.57 Å². The predicted molar refractivity (Wildman–Crippen MR) is 275 cm³/mol. The van der Waals surface area contributed by atoms with Crippen LogP contribution < -0.4 is 9.80 Å². The lowest BCUT2D eigenvalue weighted by molar-refractivity contribution is 0.568. The molecule has 1 aromatic heterocycles. The highest BCUT2D eigenvalue weighted by Crippen LogP contribution is 2.49. The third-order valence-electron chi connectivity index (χ3n) is 12.6. The van der Waals surface area contributed by atoms with Gasteiger partial charge >= 0.3 is 0 Å². The smallest absolute Gasteiger partial charge is 0.147 e. The molecule has 0 radical (unpaired) electrons. The molecule has 0 saturated carbocycles. The zero-order valence-electron chi connectivity index (χ0n) is 40.0. The topological polar surface area (TPSA) is 11.4 Å². The molecule has 0 spiro atoms. The Balaban J connectivity index is 1.38. The van der Waals surface area contributed by atoms with Gasteiger partial charge in [-0.1, -0.05) is 161 Å². The van der Waals surface area contributed by atoms with Crippen LogP contribution >= 0.6 is 11.6 Å². The molecule has 0 fully saturated rings. The van der Waals surface area contributed by atoms with Crippen LogP contribution in [0, 0.1) is 12.7 Å². The average molecular weight is 869 g/mol. The molecule has 0 N–H and O–H groups in total. The second kappa shape index (κ2) is 16.3. The van der Waals surface area contributed by atoms with Crippen LogP contribution in [-0.2, 0) is 21.7 Å². The molecule has 7 aromatic carbocycles. The molecule has 0 atom stereocenters. The van der Waals surface area contributed by atoms with Crippen molar-refractivity contribution in [2.24, 2.45) is 0 Å². The van der Waals surface area contributed by atoms with E-state index in [4.69, 9.17) is 11.6 Å². The highest BCUT2D eigenvalue weighted by Gasteiger charge is 2.27. The normalized spacial score (nSPS) is 12.6. The lowest BCUT2D eigenvalue weighted by Crippen LogP contribution is -2.17. The minimum absolute atomic E-state index is 0.00896. The Morgan fingerprint density at radius 1 is 0.422 bits per heavy atom. The Labute approximate surface area is 386 Å². The maximum atomic E-state index is 16.7. The SMILES string of the molecule is Cc1ccc(N(c2ccc3c4ccccc4n(-c4cc(C(C)(C)C)cc(C(C)(C)C)c4)c3c2)c2cccc(N(c3ccc(C(C)(C)C)cc3)c3ccc(C(C)(C)C)cc3)c2Cl)c(F)c1.